The maximum atomic E-state index is 2.81. The van der Waals surface area contributed by atoms with Gasteiger partial charge in [-0.3, -0.25) is 0 Å². The van der Waals surface area contributed by atoms with E-state index in [1.54, 1.807) is 6.67 Å². The van der Waals surface area contributed by atoms with Crippen molar-refractivity contribution < 1.29 is 0 Å². The first-order valence-electron chi connectivity index (χ1n) is 1.49. The molecule has 27 valence electrons. The van der Waals surface area contributed by atoms with Crippen molar-refractivity contribution in [1.29, 1.82) is 0 Å². The Morgan fingerprint density at radius 3 is 1.80 bits per heavy atom. The maximum absolute atomic E-state index is 2.81. The first kappa shape index (κ1) is 2.57. The van der Waals surface area contributed by atoms with Gasteiger partial charge in [-0.2, -0.15) is 0 Å². The average Bonchev–Trinajstić information content (AvgIpc) is 1.76. The van der Waals surface area contributed by atoms with Crippen LogP contribution in [0.5, 0.6) is 0 Å². The second-order valence-corrected chi connectivity index (χ2v) is 0.811. The highest BCUT2D eigenvalue weighted by molar-refractivity contribution is 4.89. The van der Waals surface area contributed by atoms with Crippen LogP contribution in [0.2, 0.25) is 0 Å². The van der Waals surface area contributed by atoms with Crippen LogP contribution in [-0.4, -0.2) is 0 Å². The van der Waals surface area contributed by atoms with E-state index >= 15 is 0 Å². The predicted octanol–water partition coefficient (Wildman–Crippen LogP) is -0.230. The van der Waals surface area contributed by atoms with Crippen molar-refractivity contribution in [3.8, 4) is 0 Å². The van der Waals surface area contributed by atoms with Gasteiger partial charge in [0.25, 0.3) is 0 Å². The average molecular weight is 69.1 g/mol. The lowest BCUT2D eigenvalue weighted by molar-refractivity contribution is 0.981. The fourth-order valence-corrected chi connectivity index (χ4v) is 0.241. The van der Waals surface area contributed by atoms with Gasteiger partial charge in [0.15, 0.2) is 0 Å². The zero-order valence-electron chi connectivity index (χ0n) is 2.73. The van der Waals surface area contributed by atoms with Crippen molar-refractivity contribution in [1.82, 2.24) is 10.6 Å². The first-order chi connectivity index (χ1) is 2.50. The minimum atomic E-state index is 1.75. The van der Waals surface area contributed by atoms with E-state index in [2.05, 4.69) is 10.6 Å². The first-order valence-corrected chi connectivity index (χ1v) is 1.49. The molecule has 0 atom stereocenters. The number of nitrogens with one attached hydrogen (secondary N) is 2. The fourth-order valence-electron chi connectivity index (χ4n) is 0.241. The normalized spacial score (nSPS) is 17.6. The minimum absolute atomic E-state index is 1.75. The molecule has 0 bridgehead atoms. The Kier molecular flexibility index (Phi) is 0.499. The Morgan fingerprint density at radius 2 is 1.60 bits per heavy atom. The molecule has 1 heterocycles. The second-order valence-electron chi connectivity index (χ2n) is 0.811. The van der Waals surface area contributed by atoms with Crippen LogP contribution in [0.1, 0.15) is 0 Å². The molecule has 0 fully saturated rings. The third-order valence-electron chi connectivity index (χ3n) is 0.442. The van der Waals surface area contributed by atoms with Crippen LogP contribution >= 0.6 is 0 Å². The van der Waals surface area contributed by atoms with Crippen LogP contribution in [0.4, 0.5) is 0 Å². The maximum Gasteiger partial charge on any atom is 0.136 e. The molecular weight excluding hydrogens is 64.0 g/mol. The summed E-state index contributed by atoms with van der Waals surface area (Å²) in [6, 6.07) is 0. The molecule has 1 aliphatic heterocycles. The number of hydrogen-bond acceptors (Lipinski definition) is 2. The molecule has 1 rings (SSSR count). The Labute approximate surface area is 30.9 Å². The second kappa shape index (κ2) is 0.971. The van der Waals surface area contributed by atoms with Crippen LogP contribution in [0.15, 0.2) is 12.4 Å². The Balaban J connectivity index is 2.32. The summed E-state index contributed by atoms with van der Waals surface area (Å²) < 4.78 is 0. The largest absolute Gasteiger partial charge is 0.367 e. The van der Waals surface area contributed by atoms with Crippen LogP contribution in [-0.2, 0) is 0 Å². The molecule has 0 aliphatic carbocycles. The standard InChI is InChI=1S/C3H5N2/c1-2-5-3-4-1/h1-5H. The minimum Gasteiger partial charge on any atom is -0.367 e. The highest BCUT2D eigenvalue weighted by Crippen LogP contribution is 1.71. The summed E-state index contributed by atoms with van der Waals surface area (Å²) in [6.45, 7) is 1.75. The molecule has 2 N–H and O–H groups in total. The molecule has 5 heavy (non-hydrogen) atoms. The molecule has 0 amide bonds. The van der Waals surface area contributed by atoms with E-state index in [0.717, 1.165) is 0 Å². The van der Waals surface area contributed by atoms with Crippen molar-refractivity contribution in [2.24, 2.45) is 0 Å². The van der Waals surface area contributed by atoms with Gasteiger partial charge in [0, 0.05) is 12.4 Å². The Hall–Kier alpha value is -0.660. The van der Waals surface area contributed by atoms with E-state index < -0.39 is 0 Å². The summed E-state index contributed by atoms with van der Waals surface area (Å²) in [6.07, 6.45) is 3.64. The van der Waals surface area contributed by atoms with Gasteiger partial charge in [-0.1, -0.05) is 0 Å². The van der Waals surface area contributed by atoms with Gasteiger partial charge in [-0.15, -0.1) is 0 Å². The van der Waals surface area contributed by atoms with E-state index in [0.29, 0.717) is 0 Å². The van der Waals surface area contributed by atoms with Crippen LogP contribution in [0.3, 0.4) is 0 Å². The third-order valence-corrected chi connectivity index (χ3v) is 0.442. The molecule has 0 aromatic rings. The number of hydrogen-bond donors (Lipinski definition) is 2. The molecule has 2 heteroatoms. The molecule has 0 saturated carbocycles. The lowest BCUT2D eigenvalue weighted by atomic mass is 11.0. The van der Waals surface area contributed by atoms with E-state index in [-0.39, 0.29) is 0 Å². The van der Waals surface area contributed by atoms with Crippen molar-refractivity contribution in [2.45, 2.75) is 0 Å². The van der Waals surface area contributed by atoms with E-state index in [1.165, 1.54) is 0 Å². The lowest BCUT2D eigenvalue weighted by Crippen LogP contribution is -2.01. The molecular formula is C3H5N2. The zero-order valence-corrected chi connectivity index (χ0v) is 2.73. The molecule has 1 aliphatic rings. The summed E-state index contributed by atoms with van der Waals surface area (Å²) >= 11 is 0. The smallest absolute Gasteiger partial charge is 0.136 e. The van der Waals surface area contributed by atoms with Gasteiger partial charge in [0.2, 0.25) is 0 Å². The van der Waals surface area contributed by atoms with Crippen molar-refractivity contribution in [2.75, 3.05) is 0 Å². The van der Waals surface area contributed by atoms with Crippen LogP contribution < -0.4 is 10.6 Å². The van der Waals surface area contributed by atoms with Gasteiger partial charge in [0.1, 0.15) is 6.67 Å². The van der Waals surface area contributed by atoms with Gasteiger partial charge in [-0.05, 0) is 0 Å². The number of rotatable bonds is 0. The summed E-state index contributed by atoms with van der Waals surface area (Å²) in [7, 11) is 0. The molecule has 0 aromatic carbocycles. The van der Waals surface area contributed by atoms with Crippen molar-refractivity contribution in [3.63, 3.8) is 0 Å². The highest BCUT2D eigenvalue weighted by atomic mass is 15.1. The summed E-state index contributed by atoms with van der Waals surface area (Å²) in [4.78, 5) is 0. The Morgan fingerprint density at radius 1 is 1.00 bits per heavy atom. The molecule has 1 radical (unpaired) electrons. The third kappa shape index (κ3) is 0.318. The van der Waals surface area contributed by atoms with Gasteiger partial charge >= 0.3 is 0 Å². The summed E-state index contributed by atoms with van der Waals surface area (Å²) in [5, 5.41) is 5.61. The van der Waals surface area contributed by atoms with Crippen molar-refractivity contribution in [3.05, 3.63) is 19.1 Å². The van der Waals surface area contributed by atoms with E-state index in [9.17, 15) is 0 Å². The monoisotopic (exact) mass is 69.0 g/mol. The van der Waals surface area contributed by atoms with E-state index in [1.807, 2.05) is 12.4 Å². The Bertz CT molecular complexity index is 42.9. The fraction of sp³-hybridized carbons (Fsp3) is 0. The van der Waals surface area contributed by atoms with Gasteiger partial charge in [-0.25, -0.2) is 0 Å². The van der Waals surface area contributed by atoms with Gasteiger partial charge in [0.05, 0.1) is 0 Å². The molecule has 0 saturated heterocycles. The topological polar surface area (TPSA) is 24.1 Å². The highest BCUT2D eigenvalue weighted by Gasteiger charge is 1.79. The molecule has 0 spiro atoms. The SMILES string of the molecule is [CH]1NC=CN1. The summed E-state index contributed by atoms with van der Waals surface area (Å²) in [5.41, 5.74) is 0. The quantitative estimate of drug-likeness (QED) is 0.410. The molecule has 2 nitrogen and oxygen atoms in total. The lowest BCUT2D eigenvalue weighted by Gasteiger charge is -1.80. The van der Waals surface area contributed by atoms with Crippen molar-refractivity contribution >= 4 is 0 Å². The zero-order chi connectivity index (χ0) is 3.54. The predicted molar refractivity (Wildman–Crippen MR) is 19.7 cm³/mol. The van der Waals surface area contributed by atoms with Gasteiger partial charge < -0.3 is 10.6 Å². The molecule has 0 unspecified atom stereocenters. The molecule has 0 aromatic heterocycles. The van der Waals surface area contributed by atoms with Crippen LogP contribution in [0.25, 0.3) is 0 Å². The summed E-state index contributed by atoms with van der Waals surface area (Å²) in [5.74, 6) is 0. The van der Waals surface area contributed by atoms with Crippen LogP contribution in [0, 0.1) is 6.67 Å². The van der Waals surface area contributed by atoms with E-state index in [4.69, 9.17) is 0 Å².